The van der Waals surface area contributed by atoms with E-state index < -0.39 is 10.0 Å². The third-order valence-electron chi connectivity index (χ3n) is 4.78. The Kier molecular flexibility index (Phi) is 7.14. The van der Waals surface area contributed by atoms with Gasteiger partial charge < -0.3 is 9.42 Å². The van der Waals surface area contributed by atoms with Crippen LogP contribution in [0.1, 0.15) is 11.5 Å². The first-order valence-corrected chi connectivity index (χ1v) is 12.1. The fraction of sp³-hybridized carbons (Fsp3) is 0.286. The van der Waals surface area contributed by atoms with Gasteiger partial charge in [-0.25, -0.2) is 8.42 Å². The molecule has 10 heteroatoms. The minimum atomic E-state index is -3.78. The Morgan fingerprint density at radius 1 is 1.10 bits per heavy atom. The third-order valence-corrected chi connectivity index (χ3v) is 7.34. The second-order valence-corrected chi connectivity index (χ2v) is 9.94. The molecule has 1 heterocycles. The smallest absolute Gasteiger partial charge is 0.246 e. The molecule has 0 N–H and O–H groups in total. The predicted octanol–water partition coefficient (Wildman–Crippen LogP) is 3.05. The van der Waals surface area contributed by atoms with E-state index in [2.05, 4.69) is 10.1 Å². The zero-order valence-electron chi connectivity index (χ0n) is 17.8. The van der Waals surface area contributed by atoms with E-state index in [0.717, 1.165) is 20.3 Å². The van der Waals surface area contributed by atoms with E-state index in [9.17, 15) is 13.2 Å². The highest BCUT2D eigenvalue weighted by Gasteiger charge is 2.25. The van der Waals surface area contributed by atoms with Gasteiger partial charge in [-0.05, 0) is 43.0 Å². The Morgan fingerprint density at radius 2 is 1.77 bits per heavy atom. The molecule has 0 unspecified atom stereocenters. The van der Waals surface area contributed by atoms with Gasteiger partial charge in [0.2, 0.25) is 27.6 Å². The summed E-state index contributed by atoms with van der Waals surface area (Å²) < 4.78 is 31.8. The van der Waals surface area contributed by atoms with Crippen molar-refractivity contribution in [3.8, 4) is 11.4 Å². The van der Waals surface area contributed by atoms with Gasteiger partial charge in [0.05, 0.1) is 18.0 Å². The van der Waals surface area contributed by atoms with Crippen LogP contribution in [0.25, 0.3) is 11.4 Å². The highest BCUT2D eigenvalue weighted by Crippen LogP contribution is 2.21. The molecule has 3 aromatic rings. The van der Waals surface area contributed by atoms with Crippen LogP contribution in [0.3, 0.4) is 0 Å². The average Bonchev–Trinajstić information content (AvgIpc) is 3.22. The van der Waals surface area contributed by atoms with Crippen molar-refractivity contribution in [1.29, 1.82) is 0 Å². The molecule has 8 nitrogen and oxygen atoms in total. The number of aryl methyl sites for hydroxylation is 1. The summed E-state index contributed by atoms with van der Waals surface area (Å²) in [7, 11) is -0.832. The quantitative estimate of drug-likeness (QED) is 0.477. The van der Waals surface area contributed by atoms with Crippen molar-refractivity contribution in [1.82, 2.24) is 19.3 Å². The maximum Gasteiger partial charge on any atom is 0.246 e. The summed E-state index contributed by atoms with van der Waals surface area (Å²) in [6.45, 7) is 1.72. The fourth-order valence-corrected chi connectivity index (χ4v) is 4.40. The van der Waals surface area contributed by atoms with Gasteiger partial charge in [-0.2, -0.15) is 9.29 Å². The molecule has 0 fully saturated rings. The van der Waals surface area contributed by atoms with E-state index in [-0.39, 0.29) is 29.8 Å². The van der Waals surface area contributed by atoms with Gasteiger partial charge in [0.15, 0.2) is 0 Å². The molecule has 0 bridgehead atoms. The number of nitrogens with zero attached hydrogens (tertiary/aromatic N) is 4. The van der Waals surface area contributed by atoms with E-state index in [4.69, 9.17) is 4.52 Å². The van der Waals surface area contributed by atoms with Crippen molar-refractivity contribution in [3.63, 3.8) is 0 Å². The van der Waals surface area contributed by atoms with Crippen LogP contribution < -0.4 is 0 Å². The van der Waals surface area contributed by atoms with Gasteiger partial charge in [0, 0.05) is 24.6 Å². The van der Waals surface area contributed by atoms with Gasteiger partial charge >= 0.3 is 0 Å². The molecule has 0 saturated carbocycles. The number of carbonyl (C=O) groups is 1. The fourth-order valence-electron chi connectivity index (χ4n) is 2.87. The molecule has 164 valence electrons. The van der Waals surface area contributed by atoms with Crippen LogP contribution in [0.4, 0.5) is 0 Å². The number of amides is 1. The first-order chi connectivity index (χ1) is 14.7. The Bertz CT molecular complexity index is 1160. The first-order valence-electron chi connectivity index (χ1n) is 9.45. The summed E-state index contributed by atoms with van der Waals surface area (Å²) in [5, 5.41) is 3.98. The van der Waals surface area contributed by atoms with Crippen LogP contribution in [0, 0.1) is 6.92 Å². The lowest BCUT2D eigenvalue weighted by Gasteiger charge is -2.21. The molecule has 0 aliphatic carbocycles. The summed E-state index contributed by atoms with van der Waals surface area (Å²) in [6.07, 6.45) is 1.91. The summed E-state index contributed by atoms with van der Waals surface area (Å²) >= 11 is 1.52. The molecule has 1 amide bonds. The maximum absolute atomic E-state index is 12.7. The molecule has 1 aromatic heterocycles. The number of sulfonamides is 1. The summed E-state index contributed by atoms with van der Waals surface area (Å²) in [5.41, 5.74) is 1.86. The van der Waals surface area contributed by atoms with Crippen molar-refractivity contribution >= 4 is 27.7 Å². The number of aromatic nitrogens is 2. The van der Waals surface area contributed by atoms with Gasteiger partial charge in [-0.1, -0.05) is 29.4 Å². The molecule has 0 atom stereocenters. The van der Waals surface area contributed by atoms with Crippen molar-refractivity contribution in [2.45, 2.75) is 23.3 Å². The highest BCUT2D eigenvalue weighted by molar-refractivity contribution is 7.98. The largest absolute Gasteiger partial charge is 0.337 e. The van der Waals surface area contributed by atoms with Gasteiger partial charge in [0.1, 0.15) is 0 Å². The Hall–Kier alpha value is -2.69. The number of benzene rings is 2. The Morgan fingerprint density at radius 3 is 2.42 bits per heavy atom. The molecule has 0 aliphatic heterocycles. The van der Waals surface area contributed by atoms with Crippen molar-refractivity contribution in [2.75, 3.05) is 26.9 Å². The third kappa shape index (κ3) is 5.33. The van der Waals surface area contributed by atoms with E-state index in [0.29, 0.717) is 5.82 Å². The monoisotopic (exact) mass is 460 g/mol. The average molecular weight is 461 g/mol. The normalized spacial score (nSPS) is 11.6. The molecule has 0 saturated heterocycles. The van der Waals surface area contributed by atoms with Crippen LogP contribution >= 0.6 is 11.8 Å². The summed E-state index contributed by atoms with van der Waals surface area (Å²) in [5.74, 6) is 0.331. The van der Waals surface area contributed by atoms with E-state index >= 15 is 0 Å². The van der Waals surface area contributed by atoms with Crippen LogP contribution in [-0.4, -0.2) is 60.6 Å². The SMILES string of the molecule is CSc1ccc(S(=O)(=O)N(C)CC(=O)N(C)Cc2nc(-c3ccccc3C)no2)cc1. The molecule has 31 heavy (non-hydrogen) atoms. The number of rotatable bonds is 8. The Balaban J connectivity index is 1.64. The molecule has 0 radical (unpaired) electrons. The minimum absolute atomic E-state index is 0.0774. The number of carbonyl (C=O) groups excluding carboxylic acids is 1. The van der Waals surface area contributed by atoms with Crippen molar-refractivity contribution in [2.24, 2.45) is 0 Å². The van der Waals surface area contributed by atoms with Crippen LogP contribution in [-0.2, 0) is 21.4 Å². The summed E-state index contributed by atoms with van der Waals surface area (Å²) in [4.78, 5) is 19.4. The second-order valence-electron chi connectivity index (χ2n) is 7.01. The van der Waals surface area contributed by atoms with Crippen LogP contribution in [0.2, 0.25) is 0 Å². The van der Waals surface area contributed by atoms with Crippen molar-refractivity contribution < 1.29 is 17.7 Å². The van der Waals surface area contributed by atoms with E-state index in [1.165, 1.54) is 35.8 Å². The highest BCUT2D eigenvalue weighted by atomic mass is 32.2. The van der Waals surface area contributed by atoms with Gasteiger partial charge in [-0.3, -0.25) is 4.79 Å². The minimum Gasteiger partial charge on any atom is -0.337 e. The lowest BCUT2D eigenvalue weighted by atomic mass is 10.1. The number of hydrogen-bond donors (Lipinski definition) is 0. The Labute approximate surface area is 186 Å². The molecule has 0 spiro atoms. The molecule has 3 rings (SSSR count). The molecular formula is C21H24N4O4S2. The second kappa shape index (κ2) is 9.63. The lowest BCUT2D eigenvalue weighted by Crippen LogP contribution is -2.39. The summed E-state index contributed by atoms with van der Waals surface area (Å²) in [6, 6.07) is 14.2. The zero-order chi connectivity index (χ0) is 22.6. The number of thioether (sulfide) groups is 1. The standard InChI is InChI=1S/C21H24N4O4S2/c1-15-7-5-6-8-18(15)21-22-19(29-23-21)13-24(2)20(26)14-25(3)31(27,28)17-11-9-16(30-4)10-12-17/h5-12H,13-14H2,1-4H3. The zero-order valence-corrected chi connectivity index (χ0v) is 19.4. The maximum atomic E-state index is 12.7. The topological polar surface area (TPSA) is 96.6 Å². The first kappa shape index (κ1) is 23.0. The van der Waals surface area contributed by atoms with Gasteiger partial charge in [-0.15, -0.1) is 11.8 Å². The molecular weight excluding hydrogens is 436 g/mol. The van der Waals surface area contributed by atoms with E-state index in [1.807, 2.05) is 37.4 Å². The van der Waals surface area contributed by atoms with Crippen molar-refractivity contribution in [3.05, 3.63) is 60.0 Å². The van der Waals surface area contributed by atoms with Crippen LogP contribution in [0.15, 0.2) is 62.8 Å². The van der Waals surface area contributed by atoms with Crippen LogP contribution in [0.5, 0.6) is 0 Å². The number of hydrogen-bond acceptors (Lipinski definition) is 7. The van der Waals surface area contributed by atoms with E-state index in [1.54, 1.807) is 19.2 Å². The lowest BCUT2D eigenvalue weighted by molar-refractivity contribution is -0.130. The van der Waals surface area contributed by atoms with Gasteiger partial charge in [0.25, 0.3) is 0 Å². The number of likely N-dealkylation sites (N-methyl/N-ethyl adjacent to an activating group) is 2. The molecule has 0 aliphatic rings. The predicted molar refractivity (Wildman–Crippen MR) is 119 cm³/mol. The molecule has 2 aromatic carbocycles.